The fraction of sp³-hybridized carbons (Fsp3) is 0.312. The summed E-state index contributed by atoms with van der Waals surface area (Å²) in [7, 11) is 0. The average Bonchev–Trinajstić information content (AvgIpc) is 2.52. The Labute approximate surface area is 138 Å². The summed E-state index contributed by atoms with van der Waals surface area (Å²) in [6.45, 7) is 3.16. The van der Waals surface area contributed by atoms with Crippen molar-refractivity contribution in [2.45, 2.75) is 25.8 Å². The Bertz CT molecular complexity index is 575. The lowest BCUT2D eigenvalue weighted by molar-refractivity contribution is 0.289. The number of hydrogen-bond donors (Lipinski definition) is 0. The maximum atomic E-state index is 5.95. The molecule has 1 aromatic heterocycles. The van der Waals surface area contributed by atoms with Gasteiger partial charge in [-0.25, -0.2) is 0 Å². The highest BCUT2D eigenvalue weighted by molar-refractivity contribution is 9.10. The van der Waals surface area contributed by atoms with Gasteiger partial charge < -0.3 is 9.47 Å². The molecule has 0 N–H and O–H groups in total. The van der Waals surface area contributed by atoms with E-state index in [-0.39, 0.29) is 0 Å². The first-order valence-electron chi connectivity index (χ1n) is 6.78. The first-order valence-corrected chi connectivity index (χ1v) is 8.10. The van der Waals surface area contributed by atoms with Crippen LogP contribution in [0.25, 0.3) is 0 Å². The van der Waals surface area contributed by atoms with Gasteiger partial charge in [-0.3, -0.25) is 4.98 Å². The van der Waals surface area contributed by atoms with E-state index in [0.29, 0.717) is 19.1 Å². The van der Waals surface area contributed by atoms with Crippen LogP contribution in [0.1, 0.15) is 24.6 Å². The summed E-state index contributed by atoms with van der Waals surface area (Å²) in [5.41, 5.74) is 1.80. The largest absolute Gasteiger partial charge is 0.493 e. The number of nitrogens with zero attached hydrogens (tertiary/aromatic N) is 1. The lowest BCUT2D eigenvalue weighted by Gasteiger charge is -2.12. The predicted octanol–water partition coefficient (Wildman–Crippen LogP) is 4.95. The highest BCUT2D eigenvalue weighted by atomic mass is 79.9. The molecule has 1 aromatic carbocycles. The van der Waals surface area contributed by atoms with E-state index in [1.807, 2.05) is 30.3 Å². The maximum Gasteiger partial charge on any atom is 0.130 e. The molecule has 0 radical (unpaired) electrons. The van der Waals surface area contributed by atoms with E-state index >= 15 is 0 Å². The second kappa shape index (κ2) is 8.25. The second-order valence-corrected chi connectivity index (χ2v) is 5.69. The van der Waals surface area contributed by atoms with Crippen molar-refractivity contribution >= 4 is 27.5 Å². The van der Waals surface area contributed by atoms with Crippen LogP contribution < -0.4 is 9.47 Å². The molecule has 0 saturated carbocycles. The molecule has 1 heterocycles. The van der Waals surface area contributed by atoms with Crippen LogP contribution >= 0.6 is 27.5 Å². The molecular weight excluding hydrogens is 354 g/mol. The summed E-state index contributed by atoms with van der Waals surface area (Å²) in [6.07, 6.45) is 2.72. The Kier molecular flexibility index (Phi) is 6.33. The van der Waals surface area contributed by atoms with Gasteiger partial charge in [-0.2, -0.15) is 0 Å². The van der Waals surface area contributed by atoms with Crippen molar-refractivity contribution in [2.75, 3.05) is 6.61 Å². The molecule has 0 spiro atoms. The number of benzene rings is 1. The molecular formula is C16H17BrClNO2. The van der Waals surface area contributed by atoms with Gasteiger partial charge in [-0.1, -0.05) is 13.0 Å². The average molecular weight is 371 g/mol. The third-order valence-corrected chi connectivity index (χ3v) is 3.58. The topological polar surface area (TPSA) is 31.4 Å². The van der Waals surface area contributed by atoms with Crippen LogP contribution in [0.2, 0.25) is 0 Å². The Morgan fingerprint density at radius 1 is 1.19 bits per heavy atom. The zero-order chi connectivity index (χ0) is 15.1. The van der Waals surface area contributed by atoms with Crippen LogP contribution in [0, 0.1) is 0 Å². The minimum Gasteiger partial charge on any atom is -0.493 e. The van der Waals surface area contributed by atoms with Crippen molar-refractivity contribution in [1.29, 1.82) is 0 Å². The molecule has 0 aliphatic heterocycles. The standard InChI is InChI=1S/C16H17BrClNO2/c1-2-7-20-15-6-3-12(9-18)16(8-15)21-11-14-5-4-13(17)10-19-14/h3-6,8,10H,2,7,9,11H2,1H3. The molecule has 0 aliphatic rings. The van der Waals surface area contributed by atoms with Gasteiger partial charge in [-0.05, 0) is 40.5 Å². The number of ether oxygens (including phenoxy) is 2. The first-order chi connectivity index (χ1) is 10.2. The normalized spacial score (nSPS) is 10.4. The number of pyridine rings is 1. The van der Waals surface area contributed by atoms with Gasteiger partial charge in [0, 0.05) is 22.3 Å². The zero-order valence-electron chi connectivity index (χ0n) is 11.8. The minimum absolute atomic E-state index is 0.397. The van der Waals surface area contributed by atoms with Crippen molar-refractivity contribution in [3.8, 4) is 11.5 Å². The molecule has 2 aromatic rings. The Balaban J connectivity index is 2.07. The maximum absolute atomic E-state index is 5.95. The van der Waals surface area contributed by atoms with E-state index in [4.69, 9.17) is 21.1 Å². The van der Waals surface area contributed by atoms with E-state index in [2.05, 4.69) is 27.8 Å². The van der Waals surface area contributed by atoms with Gasteiger partial charge in [0.2, 0.25) is 0 Å². The van der Waals surface area contributed by atoms with Crippen LogP contribution in [0.4, 0.5) is 0 Å². The molecule has 0 aliphatic carbocycles. The molecule has 0 unspecified atom stereocenters. The summed E-state index contributed by atoms with van der Waals surface area (Å²) in [5, 5.41) is 0. The molecule has 0 fully saturated rings. The molecule has 5 heteroatoms. The van der Waals surface area contributed by atoms with Gasteiger partial charge in [0.1, 0.15) is 18.1 Å². The smallest absolute Gasteiger partial charge is 0.130 e. The first kappa shape index (κ1) is 16.1. The molecule has 0 amide bonds. The molecule has 112 valence electrons. The summed E-state index contributed by atoms with van der Waals surface area (Å²) in [4.78, 5) is 4.28. The highest BCUT2D eigenvalue weighted by Crippen LogP contribution is 2.27. The number of halogens is 2. The van der Waals surface area contributed by atoms with Crippen LogP contribution in [0.15, 0.2) is 41.0 Å². The van der Waals surface area contributed by atoms with E-state index in [1.165, 1.54) is 0 Å². The Morgan fingerprint density at radius 2 is 2.05 bits per heavy atom. The lowest BCUT2D eigenvalue weighted by atomic mass is 10.2. The zero-order valence-corrected chi connectivity index (χ0v) is 14.2. The van der Waals surface area contributed by atoms with E-state index in [1.54, 1.807) is 6.20 Å². The third kappa shape index (κ3) is 4.90. The number of rotatable bonds is 7. The van der Waals surface area contributed by atoms with Crippen LogP contribution in [0.3, 0.4) is 0 Å². The van der Waals surface area contributed by atoms with Crippen molar-refractivity contribution in [3.05, 3.63) is 52.3 Å². The summed E-state index contributed by atoms with van der Waals surface area (Å²) in [5.74, 6) is 1.93. The van der Waals surface area contributed by atoms with Gasteiger partial charge in [0.05, 0.1) is 18.2 Å². The minimum atomic E-state index is 0.397. The van der Waals surface area contributed by atoms with Gasteiger partial charge in [0.25, 0.3) is 0 Å². The van der Waals surface area contributed by atoms with Crippen molar-refractivity contribution in [3.63, 3.8) is 0 Å². The third-order valence-electron chi connectivity index (χ3n) is 2.82. The highest BCUT2D eigenvalue weighted by Gasteiger charge is 2.06. The summed E-state index contributed by atoms with van der Waals surface area (Å²) in [6, 6.07) is 9.59. The van der Waals surface area contributed by atoms with Gasteiger partial charge in [0.15, 0.2) is 0 Å². The number of hydrogen-bond acceptors (Lipinski definition) is 3. The van der Waals surface area contributed by atoms with Crippen LogP contribution in [-0.2, 0) is 12.5 Å². The van der Waals surface area contributed by atoms with Gasteiger partial charge >= 0.3 is 0 Å². The fourth-order valence-corrected chi connectivity index (χ4v) is 2.19. The van der Waals surface area contributed by atoms with Crippen LogP contribution in [0.5, 0.6) is 11.5 Å². The SMILES string of the molecule is CCCOc1ccc(CCl)c(OCc2ccc(Br)cn2)c1. The molecule has 0 saturated heterocycles. The summed E-state index contributed by atoms with van der Waals surface area (Å²) < 4.78 is 12.4. The molecule has 3 nitrogen and oxygen atoms in total. The van der Waals surface area contributed by atoms with Crippen molar-refractivity contribution in [2.24, 2.45) is 0 Å². The Hall–Kier alpha value is -1.26. The van der Waals surface area contributed by atoms with Gasteiger partial charge in [-0.15, -0.1) is 11.6 Å². The lowest BCUT2D eigenvalue weighted by Crippen LogP contribution is -2.01. The summed E-state index contributed by atoms with van der Waals surface area (Å²) >= 11 is 9.31. The molecule has 2 rings (SSSR count). The molecule has 0 bridgehead atoms. The van der Waals surface area contributed by atoms with Crippen molar-refractivity contribution < 1.29 is 9.47 Å². The molecule has 21 heavy (non-hydrogen) atoms. The number of aromatic nitrogens is 1. The van der Waals surface area contributed by atoms with E-state index in [9.17, 15) is 0 Å². The Morgan fingerprint density at radius 3 is 2.71 bits per heavy atom. The van der Waals surface area contributed by atoms with E-state index < -0.39 is 0 Å². The quantitative estimate of drug-likeness (QED) is 0.646. The molecule has 0 atom stereocenters. The van der Waals surface area contributed by atoms with Crippen LogP contribution in [-0.4, -0.2) is 11.6 Å². The number of alkyl halides is 1. The fourth-order valence-electron chi connectivity index (χ4n) is 1.73. The second-order valence-electron chi connectivity index (χ2n) is 4.51. The van der Waals surface area contributed by atoms with Crippen molar-refractivity contribution in [1.82, 2.24) is 4.98 Å². The van der Waals surface area contributed by atoms with E-state index in [0.717, 1.165) is 33.6 Å². The monoisotopic (exact) mass is 369 g/mol. The predicted molar refractivity (Wildman–Crippen MR) is 88.1 cm³/mol.